The average molecular weight is 263 g/mol. The van der Waals surface area contributed by atoms with Crippen molar-refractivity contribution in [2.24, 2.45) is 0 Å². The van der Waals surface area contributed by atoms with Crippen LogP contribution in [0.3, 0.4) is 0 Å². The molecule has 1 heterocycles. The second kappa shape index (κ2) is 6.38. The van der Waals surface area contributed by atoms with Crippen LogP contribution in [0.25, 0.3) is 0 Å². The molecule has 1 N–H and O–H groups in total. The number of nitrogens with one attached hydrogen (secondary N) is 1. The number of ether oxygens (including phenoxy) is 1. The maximum absolute atomic E-state index is 5.90. The van der Waals surface area contributed by atoms with Gasteiger partial charge in [0.05, 0.1) is 5.69 Å². The van der Waals surface area contributed by atoms with Gasteiger partial charge in [0.2, 0.25) is 0 Å². The van der Waals surface area contributed by atoms with Crippen molar-refractivity contribution in [3.8, 4) is 5.75 Å². The van der Waals surface area contributed by atoms with Crippen LogP contribution in [0.2, 0.25) is 5.02 Å². The first-order valence-electron chi connectivity index (χ1n) is 5.75. The van der Waals surface area contributed by atoms with Crippen molar-refractivity contribution >= 4 is 11.6 Å². The number of nitrogens with zero attached hydrogens (tertiary/aromatic N) is 1. The topological polar surface area (TPSA) is 34.2 Å². The molecular weight excluding hydrogens is 248 g/mol. The molecule has 18 heavy (non-hydrogen) atoms. The summed E-state index contributed by atoms with van der Waals surface area (Å²) in [5, 5.41) is 3.79. The lowest BCUT2D eigenvalue weighted by molar-refractivity contribution is 0.299. The van der Waals surface area contributed by atoms with Gasteiger partial charge in [0.1, 0.15) is 12.4 Å². The second-order valence-corrected chi connectivity index (χ2v) is 4.32. The van der Waals surface area contributed by atoms with Crippen molar-refractivity contribution in [3.05, 3.63) is 58.9 Å². The Morgan fingerprint density at radius 1 is 1.28 bits per heavy atom. The Morgan fingerprint density at radius 3 is 2.94 bits per heavy atom. The zero-order valence-corrected chi connectivity index (χ0v) is 10.9. The molecule has 4 heteroatoms. The lowest BCUT2D eigenvalue weighted by Gasteiger charge is -2.09. The molecule has 0 fully saturated rings. The third-order valence-electron chi connectivity index (χ3n) is 2.52. The first-order valence-corrected chi connectivity index (χ1v) is 6.13. The van der Waals surface area contributed by atoms with Crippen LogP contribution in [0.1, 0.15) is 11.3 Å². The molecule has 94 valence electrons. The van der Waals surface area contributed by atoms with E-state index in [0.29, 0.717) is 11.6 Å². The molecule has 0 aliphatic rings. The van der Waals surface area contributed by atoms with E-state index in [1.165, 1.54) is 0 Å². The second-order valence-electron chi connectivity index (χ2n) is 3.89. The molecule has 2 rings (SSSR count). The molecular formula is C14H15ClN2O. The van der Waals surface area contributed by atoms with Crippen LogP contribution < -0.4 is 10.1 Å². The van der Waals surface area contributed by atoms with E-state index in [0.717, 1.165) is 23.6 Å². The van der Waals surface area contributed by atoms with Gasteiger partial charge >= 0.3 is 0 Å². The molecule has 0 radical (unpaired) electrons. The smallest absolute Gasteiger partial charge is 0.131 e. The minimum Gasteiger partial charge on any atom is -0.487 e. The molecule has 0 saturated carbocycles. The number of hydrogen-bond acceptors (Lipinski definition) is 3. The summed E-state index contributed by atoms with van der Waals surface area (Å²) in [7, 11) is 1.91. The third-order valence-corrected chi connectivity index (χ3v) is 2.76. The van der Waals surface area contributed by atoms with E-state index in [-0.39, 0.29) is 0 Å². The molecule has 0 bridgehead atoms. The quantitative estimate of drug-likeness (QED) is 0.899. The van der Waals surface area contributed by atoms with Crippen LogP contribution in [-0.2, 0) is 13.2 Å². The van der Waals surface area contributed by atoms with Gasteiger partial charge in [-0.2, -0.15) is 0 Å². The first-order chi connectivity index (χ1) is 8.79. The minimum atomic E-state index is 0.443. The number of pyridine rings is 1. The van der Waals surface area contributed by atoms with E-state index < -0.39 is 0 Å². The van der Waals surface area contributed by atoms with Crippen LogP contribution in [-0.4, -0.2) is 12.0 Å². The summed E-state index contributed by atoms with van der Waals surface area (Å²) in [5.74, 6) is 0.753. The summed E-state index contributed by atoms with van der Waals surface area (Å²) in [4.78, 5) is 4.34. The highest BCUT2D eigenvalue weighted by Crippen LogP contribution is 2.18. The molecule has 0 aliphatic heterocycles. The number of hydrogen-bond donors (Lipinski definition) is 1. The molecule has 0 amide bonds. The van der Waals surface area contributed by atoms with Crippen LogP contribution in [0.4, 0.5) is 0 Å². The fourth-order valence-corrected chi connectivity index (χ4v) is 1.84. The summed E-state index contributed by atoms with van der Waals surface area (Å²) >= 11 is 5.90. The van der Waals surface area contributed by atoms with Gasteiger partial charge in [0.25, 0.3) is 0 Å². The standard InChI is InChI=1S/C14H15ClN2O/c1-16-9-11-4-3-7-17-14(11)10-18-13-6-2-5-12(15)8-13/h2-8,16H,9-10H2,1H3. The number of halogens is 1. The van der Waals surface area contributed by atoms with Gasteiger partial charge in [-0.15, -0.1) is 0 Å². The highest BCUT2D eigenvalue weighted by Gasteiger charge is 2.03. The van der Waals surface area contributed by atoms with Crippen molar-refractivity contribution < 1.29 is 4.74 Å². The van der Waals surface area contributed by atoms with Crippen molar-refractivity contribution in [2.75, 3.05) is 7.05 Å². The maximum Gasteiger partial charge on any atom is 0.131 e. The van der Waals surface area contributed by atoms with Crippen molar-refractivity contribution in [3.63, 3.8) is 0 Å². The normalized spacial score (nSPS) is 10.3. The lowest BCUT2D eigenvalue weighted by Crippen LogP contribution is -2.10. The van der Waals surface area contributed by atoms with Crippen molar-refractivity contribution in [1.29, 1.82) is 0 Å². The van der Waals surface area contributed by atoms with Crippen molar-refractivity contribution in [2.45, 2.75) is 13.2 Å². The number of rotatable bonds is 5. The largest absolute Gasteiger partial charge is 0.487 e. The number of benzene rings is 1. The molecule has 3 nitrogen and oxygen atoms in total. The van der Waals surface area contributed by atoms with Gasteiger partial charge in [-0.25, -0.2) is 0 Å². The fourth-order valence-electron chi connectivity index (χ4n) is 1.66. The Kier molecular flexibility index (Phi) is 4.56. The summed E-state index contributed by atoms with van der Waals surface area (Å²) in [6.07, 6.45) is 1.77. The molecule has 0 unspecified atom stereocenters. The first kappa shape index (κ1) is 12.9. The molecule has 1 aromatic carbocycles. The van der Waals surface area contributed by atoms with Gasteiger partial charge in [-0.3, -0.25) is 4.98 Å². The predicted molar refractivity (Wildman–Crippen MR) is 72.8 cm³/mol. The van der Waals surface area contributed by atoms with E-state index in [1.807, 2.05) is 37.4 Å². The Hall–Kier alpha value is -1.58. The third kappa shape index (κ3) is 3.45. The van der Waals surface area contributed by atoms with Crippen LogP contribution in [0.5, 0.6) is 5.75 Å². The van der Waals surface area contributed by atoms with E-state index >= 15 is 0 Å². The number of aromatic nitrogens is 1. The van der Waals surface area contributed by atoms with Gasteiger partial charge in [-0.1, -0.05) is 23.7 Å². The Bertz CT molecular complexity index is 517. The highest BCUT2D eigenvalue weighted by atomic mass is 35.5. The van der Waals surface area contributed by atoms with Gasteiger partial charge in [0, 0.05) is 17.8 Å². The molecule has 0 spiro atoms. The zero-order valence-electron chi connectivity index (χ0n) is 10.2. The lowest BCUT2D eigenvalue weighted by atomic mass is 10.2. The van der Waals surface area contributed by atoms with E-state index in [4.69, 9.17) is 16.3 Å². The van der Waals surface area contributed by atoms with Gasteiger partial charge < -0.3 is 10.1 Å². The monoisotopic (exact) mass is 262 g/mol. The SMILES string of the molecule is CNCc1cccnc1COc1cccc(Cl)c1. The average Bonchev–Trinajstić information content (AvgIpc) is 2.38. The van der Waals surface area contributed by atoms with E-state index in [2.05, 4.69) is 10.3 Å². The van der Waals surface area contributed by atoms with E-state index in [9.17, 15) is 0 Å². The Labute approximate surface area is 112 Å². The summed E-state index contributed by atoms with van der Waals surface area (Å²) in [6, 6.07) is 11.3. The zero-order chi connectivity index (χ0) is 12.8. The molecule has 2 aromatic rings. The van der Waals surface area contributed by atoms with Gasteiger partial charge in [0.15, 0.2) is 0 Å². The van der Waals surface area contributed by atoms with Crippen LogP contribution in [0.15, 0.2) is 42.6 Å². The van der Waals surface area contributed by atoms with E-state index in [1.54, 1.807) is 12.3 Å². The summed E-state index contributed by atoms with van der Waals surface area (Å²) in [5.41, 5.74) is 2.08. The fraction of sp³-hybridized carbons (Fsp3) is 0.214. The molecule has 0 saturated heterocycles. The Balaban J connectivity index is 2.06. The molecule has 1 aromatic heterocycles. The Morgan fingerprint density at radius 2 is 2.17 bits per heavy atom. The summed E-state index contributed by atoms with van der Waals surface area (Å²) in [6.45, 7) is 1.22. The molecule has 0 aliphatic carbocycles. The van der Waals surface area contributed by atoms with Crippen LogP contribution in [0, 0.1) is 0 Å². The predicted octanol–water partition coefficient (Wildman–Crippen LogP) is 3.03. The maximum atomic E-state index is 5.90. The van der Waals surface area contributed by atoms with Gasteiger partial charge in [-0.05, 0) is 36.9 Å². The van der Waals surface area contributed by atoms with Crippen molar-refractivity contribution in [1.82, 2.24) is 10.3 Å². The van der Waals surface area contributed by atoms with Crippen LogP contribution >= 0.6 is 11.6 Å². The summed E-state index contributed by atoms with van der Waals surface area (Å²) < 4.78 is 5.69. The molecule has 0 atom stereocenters. The minimum absolute atomic E-state index is 0.443. The highest BCUT2D eigenvalue weighted by molar-refractivity contribution is 6.30.